The summed E-state index contributed by atoms with van der Waals surface area (Å²) < 4.78 is 0. The summed E-state index contributed by atoms with van der Waals surface area (Å²) in [6.45, 7) is 9.19. The Kier molecular flexibility index (Phi) is 5.60. The van der Waals surface area contributed by atoms with Gasteiger partial charge in [0.25, 0.3) is 0 Å². The van der Waals surface area contributed by atoms with Crippen LogP contribution in [0.5, 0.6) is 0 Å². The van der Waals surface area contributed by atoms with E-state index < -0.39 is 8.07 Å². The van der Waals surface area contributed by atoms with Crippen LogP contribution in [-0.2, 0) is 6.42 Å². The van der Waals surface area contributed by atoms with Crippen molar-refractivity contribution in [2.24, 2.45) is 0 Å². The summed E-state index contributed by atoms with van der Waals surface area (Å²) >= 11 is 0. The Balaban J connectivity index is 2.30. The molecule has 0 N–H and O–H groups in total. The lowest BCUT2D eigenvalue weighted by Crippen LogP contribution is -2.43. The van der Waals surface area contributed by atoms with Crippen LogP contribution < -0.4 is 5.19 Å². The summed E-state index contributed by atoms with van der Waals surface area (Å²) in [5, 5.41) is 3.01. The van der Waals surface area contributed by atoms with Crippen LogP contribution in [-0.4, -0.2) is 8.07 Å². The summed E-state index contributed by atoms with van der Waals surface area (Å²) in [4.78, 5) is 0. The summed E-state index contributed by atoms with van der Waals surface area (Å²) in [6, 6.07) is 21.7. The predicted molar refractivity (Wildman–Crippen MR) is 100 cm³/mol. The van der Waals surface area contributed by atoms with E-state index >= 15 is 0 Å². The van der Waals surface area contributed by atoms with Crippen LogP contribution in [0.25, 0.3) is 0 Å². The molecular formula is C21H26Si. The Morgan fingerprint density at radius 2 is 1.41 bits per heavy atom. The monoisotopic (exact) mass is 306 g/mol. The van der Waals surface area contributed by atoms with Crippen molar-refractivity contribution < 1.29 is 0 Å². The molecule has 0 bridgehead atoms. The van der Waals surface area contributed by atoms with Gasteiger partial charge in [-0.15, -0.1) is 5.73 Å². The highest BCUT2D eigenvalue weighted by molar-refractivity contribution is 6.95. The van der Waals surface area contributed by atoms with Crippen molar-refractivity contribution in [2.45, 2.75) is 39.8 Å². The van der Waals surface area contributed by atoms with E-state index in [9.17, 15) is 0 Å². The van der Waals surface area contributed by atoms with E-state index in [-0.39, 0.29) is 0 Å². The molecule has 0 fully saturated rings. The van der Waals surface area contributed by atoms with Crippen LogP contribution in [0.3, 0.4) is 0 Å². The molecule has 1 heteroatoms. The molecule has 2 aromatic rings. The zero-order valence-electron chi connectivity index (χ0n) is 14.2. The first kappa shape index (κ1) is 16.5. The maximum absolute atomic E-state index is 3.68. The van der Waals surface area contributed by atoms with Crippen molar-refractivity contribution in [3.63, 3.8) is 0 Å². The first-order valence-corrected chi connectivity index (χ1v) is 11.0. The molecule has 0 aliphatic carbocycles. The standard InChI is InChI=1S/C21H26Si/c1-18(2)17-21(16-15-19-11-7-5-8-12-19)22(3,4)20-13-9-6-10-14-20/h5-14H,15-16H2,1-4H3. The highest BCUT2D eigenvalue weighted by Crippen LogP contribution is 2.20. The summed E-state index contributed by atoms with van der Waals surface area (Å²) in [5.41, 5.74) is 6.37. The van der Waals surface area contributed by atoms with Gasteiger partial charge in [-0.25, -0.2) is 0 Å². The summed E-state index contributed by atoms with van der Waals surface area (Å²) in [5.74, 6) is 0. The van der Waals surface area contributed by atoms with Gasteiger partial charge in [-0.1, -0.05) is 78.9 Å². The molecule has 22 heavy (non-hydrogen) atoms. The van der Waals surface area contributed by atoms with Gasteiger partial charge in [-0.2, -0.15) is 0 Å². The Hall–Kier alpha value is -1.82. The van der Waals surface area contributed by atoms with Gasteiger partial charge in [0.15, 0.2) is 0 Å². The summed E-state index contributed by atoms with van der Waals surface area (Å²) in [6.07, 6.45) is 2.20. The van der Waals surface area contributed by atoms with Crippen LogP contribution >= 0.6 is 0 Å². The normalized spacial score (nSPS) is 10.9. The van der Waals surface area contributed by atoms with Gasteiger partial charge < -0.3 is 0 Å². The van der Waals surface area contributed by atoms with Crippen LogP contribution in [0.4, 0.5) is 0 Å². The molecule has 114 valence electrons. The third-order valence-corrected chi connectivity index (χ3v) is 7.82. The minimum absolute atomic E-state index is 1.10. The second kappa shape index (κ2) is 7.44. The van der Waals surface area contributed by atoms with Gasteiger partial charge >= 0.3 is 0 Å². The van der Waals surface area contributed by atoms with Crippen LogP contribution in [0, 0.1) is 0 Å². The van der Waals surface area contributed by atoms with E-state index in [1.807, 2.05) is 0 Å². The van der Waals surface area contributed by atoms with Crippen molar-refractivity contribution in [2.75, 3.05) is 0 Å². The molecule has 0 heterocycles. The largest absolute Gasteiger partial charge is 0.127 e. The van der Waals surface area contributed by atoms with E-state index in [1.54, 1.807) is 0 Å². The minimum Gasteiger partial charge on any atom is -0.127 e. The third-order valence-electron chi connectivity index (χ3n) is 4.16. The molecule has 0 aliphatic heterocycles. The summed E-state index contributed by atoms with van der Waals surface area (Å²) in [7, 11) is -1.64. The average molecular weight is 307 g/mol. The number of benzene rings is 2. The minimum atomic E-state index is -1.64. The first-order chi connectivity index (χ1) is 10.5. The second-order valence-corrected chi connectivity index (χ2v) is 11.0. The lowest BCUT2D eigenvalue weighted by Gasteiger charge is -2.25. The zero-order valence-corrected chi connectivity index (χ0v) is 15.2. The Morgan fingerprint density at radius 1 is 0.864 bits per heavy atom. The highest BCUT2D eigenvalue weighted by atomic mass is 28.3. The molecule has 2 rings (SSSR count). The Labute approximate surface area is 136 Å². The number of aryl methyl sites for hydroxylation is 1. The fraction of sp³-hybridized carbons (Fsp3) is 0.286. The molecule has 0 saturated carbocycles. The second-order valence-electron chi connectivity index (χ2n) is 6.58. The molecule has 0 amide bonds. The number of hydrogen-bond donors (Lipinski definition) is 0. The topological polar surface area (TPSA) is 0 Å². The van der Waals surface area contributed by atoms with Gasteiger partial charge in [0.1, 0.15) is 8.07 Å². The fourth-order valence-corrected chi connectivity index (χ4v) is 5.46. The third kappa shape index (κ3) is 4.33. The fourth-order valence-electron chi connectivity index (χ4n) is 2.78. The Morgan fingerprint density at radius 3 is 1.95 bits per heavy atom. The molecule has 0 nitrogen and oxygen atoms in total. The molecule has 0 saturated heterocycles. The molecular weight excluding hydrogens is 280 g/mol. The van der Waals surface area contributed by atoms with E-state index in [0.717, 1.165) is 12.8 Å². The van der Waals surface area contributed by atoms with Crippen molar-refractivity contribution in [3.8, 4) is 0 Å². The van der Waals surface area contributed by atoms with Crippen molar-refractivity contribution >= 4 is 13.3 Å². The first-order valence-electron chi connectivity index (χ1n) is 8.03. The lowest BCUT2D eigenvalue weighted by atomic mass is 10.1. The number of allylic oxidation sites excluding steroid dienone is 1. The SMILES string of the molecule is CC(C)=C=C(CCc1ccccc1)[Si](C)(C)c1ccccc1. The van der Waals surface area contributed by atoms with Crippen LogP contribution in [0.15, 0.2) is 77.2 Å². The molecule has 2 aromatic carbocycles. The van der Waals surface area contributed by atoms with Gasteiger partial charge in [0.05, 0.1) is 0 Å². The van der Waals surface area contributed by atoms with Gasteiger partial charge in [0.2, 0.25) is 0 Å². The predicted octanol–water partition coefficient (Wildman–Crippen LogP) is 5.27. The maximum atomic E-state index is 3.68. The molecule has 0 aromatic heterocycles. The van der Waals surface area contributed by atoms with Crippen molar-refractivity contribution in [1.82, 2.24) is 0 Å². The smallest absolute Gasteiger partial charge is 0.116 e. The van der Waals surface area contributed by atoms with Gasteiger partial charge in [-0.05, 0) is 43.0 Å². The molecule has 0 aliphatic rings. The van der Waals surface area contributed by atoms with Crippen molar-refractivity contribution in [1.29, 1.82) is 0 Å². The van der Waals surface area contributed by atoms with E-state index in [1.165, 1.54) is 21.5 Å². The van der Waals surface area contributed by atoms with E-state index in [0.29, 0.717) is 0 Å². The molecule has 0 atom stereocenters. The molecule has 0 unspecified atom stereocenters. The quantitative estimate of drug-likeness (QED) is 0.522. The average Bonchev–Trinajstić information content (AvgIpc) is 2.53. The highest BCUT2D eigenvalue weighted by Gasteiger charge is 2.27. The molecule has 0 spiro atoms. The van der Waals surface area contributed by atoms with E-state index in [4.69, 9.17) is 0 Å². The Bertz CT molecular complexity index is 656. The number of hydrogen-bond acceptors (Lipinski definition) is 0. The lowest BCUT2D eigenvalue weighted by molar-refractivity contribution is 0.977. The molecule has 0 radical (unpaired) electrons. The van der Waals surface area contributed by atoms with Gasteiger partial charge in [0, 0.05) is 0 Å². The van der Waals surface area contributed by atoms with E-state index in [2.05, 4.69) is 93.3 Å². The maximum Gasteiger partial charge on any atom is 0.116 e. The zero-order chi connectivity index (χ0) is 16.0. The van der Waals surface area contributed by atoms with Crippen molar-refractivity contribution in [3.05, 3.63) is 82.7 Å². The van der Waals surface area contributed by atoms with Crippen LogP contribution in [0.1, 0.15) is 25.8 Å². The van der Waals surface area contributed by atoms with Crippen LogP contribution in [0.2, 0.25) is 13.1 Å². The van der Waals surface area contributed by atoms with Gasteiger partial charge in [-0.3, -0.25) is 0 Å². The number of rotatable bonds is 5.